The molecule has 1 aromatic carbocycles. The van der Waals surface area contributed by atoms with E-state index in [-0.39, 0.29) is 5.92 Å². The van der Waals surface area contributed by atoms with Crippen molar-refractivity contribution in [2.24, 2.45) is 5.73 Å². The third-order valence-electron chi connectivity index (χ3n) is 2.83. The number of nitrogens with two attached hydrogens (primary N) is 1. The number of aromatic carboxylic acids is 1. The fourth-order valence-electron chi connectivity index (χ4n) is 1.78. The van der Waals surface area contributed by atoms with Crippen molar-refractivity contribution in [3.63, 3.8) is 0 Å². The third kappa shape index (κ3) is 2.83. The maximum Gasteiger partial charge on any atom is 0.347 e. The molecule has 0 radical (unpaired) electrons. The zero-order valence-corrected chi connectivity index (χ0v) is 11.7. The molecular weight excluding hydrogens is 260 g/mol. The van der Waals surface area contributed by atoms with Gasteiger partial charge in [-0.05, 0) is 11.5 Å². The second-order valence-electron chi connectivity index (χ2n) is 4.59. The lowest BCUT2D eigenvalue weighted by molar-refractivity contribution is 0.0700. The Morgan fingerprint density at radius 1 is 1.37 bits per heavy atom. The van der Waals surface area contributed by atoms with Crippen LogP contribution in [0.4, 0.5) is 0 Å². The maximum atomic E-state index is 11.2. The molecular formula is C14H16N2O2S. The normalized spacial score (nSPS) is 10.9. The first-order chi connectivity index (χ1) is 9.02. The number of hydrogen-bond donors (Lipinski definition) is 2. The topological polar surface area (TPSA) is 76.2 Å². The summed E-state index contributed by atoms with van der Waals surface area (Å²) in [7, 11) is 0. The molecule has 0 aliphatic rings. The summed E-state index contributed by atoms with van der Waals surface area (Å²) >= 11 is 1.22. The molecule has 2 rings (SSSR count). The number of thiazole rings is 1. The average molecular weight is 276 g/mol. The molecule has 2 aromatic rings. The van der Waals surface area contributed by atoms with Crippen molar-refractivity contribution in [2.45, 2.75) is 26.3 Å². The summed E-state index contributed by atoms with van der Waals surface area (Å²) < 4.78 is 0. The highest BCUT2D eigenvalue weighted by Gasteiger charge is 2.20. The summed E-state index contributed by atoms with van der Waals surface area (Å²) in [6, 6.07) is 7.73. The standard InChI is InChI=1S/C14H16N2O2S/c1-8(2)11-12(14(17)18)19-13(16-11)10-5-3-9(7-15)4-6-10/h3-6,8H,7,15H2,1-2H3,(H,17,18). The van der Waals surface area contributed by atoms with Crippen LogP contribution in [-0.4, -0.2) is 16.1 Å². The Morgan fingerprint density at radius 2 is 2.00 bits per heavy atom. The van der Waals surface area contributed by atoms with Gasteiger partial charge in [0.15, 0.2) is 0 Å². The molecule has 0 aliphatic carbocycles. The number of carboxylic acids is 1. The molecule has 1 heterocycles. The van der Waals surface area contributed by atoms with Crippen LogP contribution in [0.25, 0.3) is 10.6 Å². The van der Waals surface area contributed by atoms with Crippen LogP contribution in [0.15, 0.2) is 24.3 Å². The van der Waals surface area contributed by atoms with Crippen LogP contribution >= 0.6 is 11.3 Å². The third-order valence-corrected chi connectivity index (χ3v) is 3.94. The van der Waals surface area contributed by atoms with E-state index in [9.17, 15) is 9.90 Å². The highest BCUT2D eigenvalue weighted by molar-refractivity contribution is 7.17. The molecule has 0 aliphatic heterocycles. The summed E-state index contributed by atoms with van der Waals surface area (Å²) in [5.74, 6) is -0.814. The van der Waals surface area contributed by atoms with Gasteiger partial charge < -0.3 is 10.8 Å². The molecule has 0 saturated heterocycles. The Kier molecular flexibility index (Phi) is 3.97. The van der Waals surface area contributed by atoms with E-state index in [1.165, 1.54) is 11.3 Å². The second-order valence-corrected chi connectivity index (χ2v) is 5.59. The van der Waals surface area contributed by atoms with Gasteiger partial charge in [-0.25, -0.2) is 9.78 Å². The maximum absolute atomic E-state index is 11.2. The van der Waals surface area contributed by atoms with E-state index in [0.29, 0.717) is 17.1 Å². The van der Waals surface area contributed by atoms with Crippen LogP contribution in [0, 0.1) is 0 Å². The van der Waals surface area contributed by atoms with E-state index in [4.69, 9.17) is 5.73 Å². The molecule has 100 valence electrons. The number of rotatable bonds is 4. The van der Waals surface area contributed by atoms with Crippen LogP contribution in [0.5, 0.6) is 0 Å². The molecule has 0 amide bonds. The van der Waals surface area contributed by atoms with Gasteiger partial charge in [0, 0.05) is 12.1 Å². The summed E-state index contributed by atoms with van der Waals surface area (Å²) in [4.78, 5) is 16.0. The zero-order valence-electron chi connectivity index (χ0n) is 10.9. The molecule has 0 spiro atoms. The van der Waals surface area contributed by atoms with Crippen LogP contribution < -0.4 is 5.73 Å². The fraction of sp³-hybridized carbons (Fsp3) is 0.286. The van der Waals surface area contributed by atoms with Gasteiger partial charge in [0.25, 0.3) is 0 Å². The second kappa shape index (κ2) is 5.50. The smallest absolute Gasteiger partial charge is 0.347 e. The Labute approximate surface area is 115 Å². The van der Waals surface area contributed by atoms with E-state index in [1.54, 1.807) is 0 Å². The van der Waals surface area contributed by atoms with Crippen molar-refractivity contribution in [3.8, 4) is 10.6 Å². The van der Waals surface area contributed by atoms with Gasteiger partial charge in [0.1, 0.15) is 9.88 Å². The summed E-state index contributed by atoms with van der Waals surface area (Å²) in [6.07, 6.45) is 0. The minimum Gasteiger partial charge on any atom is -0.477 e. The summed E-state index contributed by atoms with van der Waals surface area (Å²) in [5.41, 5.74) is 8.18. The van der Waals surface area contributed by atoms with Gasteiger partial charge in [0.2, 0.25) is 0 Å². The van der Waals surface area contributed by atoms with Crippen LogP contribution in [-0.2, 0) is 6.54 Å². The number of hydrogen-bond acceptors (Lipinski definition) is 4. The molecule has 0 bridgehead atoms. The molecule has 5 heteroatoms. The van der Waals surface area contributed by atoms with Gasteiger partial charge in [-0.15, -0.1) is 11.3 Å². The van der Waals surface area contributed by atoms with Crippen LogP contribution in [0.1, 0.15) is 40.7 Å². The SMILES string of the molecule is CC(C)c1nc(-c2ccc(CN)cc2)sc1C(=O)O. The van der Waals surface area contributed by atoms with E-state index < -0.39 is 5.97 Å². The number of aromatic nitrogens is 1. The fourth-order valence-corrected chi connectivity index (χ4v) is 2.85. The molecule has 19 heavy (non-hydrogen) atoms. The van der Waals surface area contributed by atoms with Gasteiger partial charge in [-0.3, -0.25) is 0 Å². The van der Waals surface area contributed by atoms with Crippen LogP contribution in [0.3, 0.4) is 0 Å². The number of benzene rings is 1. The quantitative estimate of drug-likeness (QED) is 0.899. The van der Waals surface area contributed by atoms with Gasteiger partial charge in [-0.2, -0.15) is 0 Å². The number of carboxylic acid groups (broad SMARTS) is 1. The van der Waals surface area contributed by atoms with E-state index >= 15 is 0 Å². The summed E-state index contributed by atoms with van der Waals surface area (Å²) in [5, 5.41) is 9.95. The number of nitrogens with zero attached hydrogens (tertiary/aromatic N) is 1. The van der Waals surface area contributed by atoms with Crippen molar-refractivity contribution in [2.75, 3.05) is 0 Å². The minimum absolute atomic E-state index is 0.0967. The molecule has 0 fully saturated rings. The molecule has 4 nitrogen and oxygen atoms in total. The Balaban J connectivity index is 2.44. The Bertz CT molecular complexity index is 588. The molecule has 0 atom stereocenters. The van der Waals surface area contributed by atoms with Gasteiger partial charge in [0.05, 0.1) is 5.69 Å². The largest absolute Gasteiger partial charge is 0.477 e. The first-order valence-electron chi connectivity index (χ1n) is 6.06. The number of carbonyl (C=O) groups is 1. The van der Waals surface area contributed by atoms with Crippen LogP contribution in [0.2, 0.25) is 0 Å². The predicted octanol–water partition coefficient (Wildman–Crippen LogP) is 3.09. The van der Waals surface area contributed by atoms with Crippen molar-refractivity contribution in [3.05, 3.63) is 40.4 Å². The average Bonchev–Trinajstić information content (AvgIpc) is 2.84. The molecule has 0 saturated carbocycles. The molecule has 1 aromatic heterocycles. The lowest BCUT2D eigenvalue weighted by atomic mass is 10.1. The molecule has 3 N–H and O–H groups in total. The van der Waals surface area contributed by atoms with E-state index in [0.717, 1.165) is 16.1 Å². The lowest BCUT2D eigenvalue weighted by Crippen LogP contribution is -2.00. The van der Waals surface area contributed by atoms with Gasteiger partial charge >= 0.3 is 5.97 Å². The zero-order chi connectivity index (χ0) is 14.0. The highest BCUT2D eigenvalue weighted by Crippen LogP contribution is 2.31. The first-order valence-corrected chi connectivity index (χ1v) is 6.88. The first kappa shape index (κ1) is 13.7. The van der Waals surface area contributed by atoms with Crippen molar-refractivity contribution in [1.82, 2.24) is 4.98 Å². The lowest BCUT2D eigenvalue weighted by Gasteiger charge is -2.01. The van der Waals surface area contributed by atoms with Crippen molar-refractivity contribution < 1.29 is 9.90 Å². The molecule has 0 unspecified atom stereocenters. The van der Waals surface area contributed by atoms with E-state index in [2.05, 4.69) is 4.98 Å². The predicted molar refractivity (Wildman–Crippen MR) is 76.5 cm³/mol. The van der Waals surface area contributed by atoms with E-state index in [1.807, 2.05) is 38.1 Å². The monoisotopic (exact) mass is 276 g/mol. The highest BCUT2D eigenvalue weighted by atomic mass is 32.1. The van der Waals surface area contributed by atoms with Crippen molar-refractivity contribution in [1.29, 1.82) is 0 Å². The van der Waals surface area contributed by atoms with Gasteiger partial charge in [-0.1, -0.05) is 38.1 Å². The minimum atomic E-state index is -0.911. The van der Waals surface area contributed by atoms with Crippen molar-refractivity contribution >= 4 is 17.3 Å². The summed E-state index contributed by atoms with van der Waals surface area (Å²) in [6.45, 7) is 4.39. The Morgan fingerprint density at radius 3 is 2.42 bits per heavy atom. The Hall–Kier alpha value is -1.72.